The van der Waals surface area contributed by atoms with Gasteiger partial charge in [0.15, 0.2) is 5.69 Å². The molecule has 1 aliphatic rings. The SMILES string of the molecule is CN(C)CCCNc1ccc(C(=O)NCCN2CCOCC2)nn1. The molecular weight excluding hydrogens is 308 g/mol. The fourth-order valence-electron chi connectivity index (χ4n) is 2.40. The second-order valence-electron chi connectivity index (χ2n) is 6.10. The van der Waals surface area contributed by atoms with Crippen LogP contribution in [0.5, 0.6) is 0 Å². The topological polar surface area (TPSA) is 82.6 Å². The molecule has 134 valence electrons. The molecule has 0 atom stereocenters. The number of rotatable bonds is 9. The molecule has 0 aromatic carbocycles. The normalized spacial score (nSPS) is 15.5. The molecule has 1 amide bonds. The molecule has 0 bridgehead atoms. The lowest BCUT2D eigenvalue weighted by atomic mass is 10.3. The molecule has 2 N–H and O–H groups in total. The van der Waals surface area contributed by atoms with Crippen LogP contribution >= 0.6 is 0 Å². The second kappa shape index (κ2) is 10.2. The van der Waals surface area contributed by atoms with Crippen molar-refractivity contribution < 1.29 is 9.53 Å². The maximum atomic E-state index is 12.1. The first-order chi connectivity index (χ1) is 11.6. The first kappa shape index (κ1) is 18.6. The Labute approximate surface area is 143 Å². The Bertz CT molecular complexity index is 488. The van der Waals surface area contributed by atoms with Crippen LogP contribution in [0.2, 0.25) is 0 Å². The van der Waals surface area contributed by atoms with Gasteiger partial charge < -0.3 is 20.3 Å². The molecule has 0 unspecified atom stereocenters. The van der Waals surface area contributed by atoms with Gasteiger partial charge in [0.1, 0.15) is 5.82 Å². The molecule has 0 spiro atoms. The highest BCUT2D eigenvalue weighted by molar-refractivity contribution is 5.92. The molecule has 0 radical (unpaired) electrons. The van der Waals surface area contributed by atoms with Gasteiger partial charge in [-0.25, -0.2) is 0 Å². The Kier molecular flexibility index (Phi) is 7.87. The fourth-order valence-corrected chi connectivity index (χ4v) is 2.40. The number of morpholine rings is 1. The first-order valence-electron chi connectivity index (χ1n) is 8.46. The van der Waals surface area contributed by atoms with Crippen molar-refractivity contribution in [1.82, 2.24) is 25.3 Å². The van der Waals surface area contributed by atoms with Crippen molar-refractivity contribution in [3.63, 3.8) is 0 Å². The number of amides is 1. The van der Waals surface area contributed by atoms with Crippen LogP contribution in [-0.2, 0) is 4.74 Å². The van der Waals surface area contributed by atoms with Crippen molar-refractivity contribution in [2.24, 2.45) is 0 Å². The summed E-state index contributed by atoms with van der Waals surface area (Å²) >= 11 is 0. The zero-order valence-electron chi connectivity index (χ0n) is 14.6. The number of carbonyl (C=O) groups is 1. The molecule has 1 aromatic rings. The lowest BCUT2D eigenvalue weighted by Gasteiger charge is -2.26. The standard InChI is InChI=1S/C16H28N6O2/c1-21(2)8-3-6-17-15-5-4-14(19-20-15)16(23)18-7-9-22-10-12-24-13-11-22/h4-5H,3,6-13H2,1-2H3,(H,17,20)(H,18,23). The lowest BCUT2D eigenvalue weighted by Crippen LogP contribution is -2.41. The molecule has 8 nitrogen and oxygen atoms in total. The minimum atomic E-state index is -0.185. The Morgan fingerprint density at radius 1 is 1.25 bits per heavy atom. The average Bonchev–Trinajstić information content (AvgIpc) is 2.60. The van der Waals surface area contributed by atoms with Crippen molar-refractivity contribution >= 4 is 11.7 Å². The third-order valence-corrected chi connectivity index (χ3v) is 3.80. The predicted octanol–water partition coefficient (Wildman–Crippen LogP) is -0.0978. The molecule has 2 rings (SSSR count). The van der Waals surface area contributed by atoms with Gasteiger partial charge in [-0.2, -0.15) is 0 Å². The van der Waals surface area contributed by atoms with E-state index in [1.165, 1.54) is 0 Å². The summed E-state index contributed by atoms with van der Waals surface area (Å²) in [6, 6.07) is 3.49. The van der Waals surface area contributed by atoms with Crippen LogP contribution in [-0.4, -0.2) is 92.5 Å². The number of anilines is 1. The minimum Gasteiger partial charge on any atom is -0.379 e. The van der Waals surface area contributed by atoms with Crippen molar-refractivity contribution in [3.05, 3.63) is 17.8 Å². The van der Waals surface area contributed by atoms with Crippen molar-refractivity contribution in [3.8, 4) is 0 Å². The van der Waals surface area contributed by atoms with Crippen molar-refractivity contribution in [2.45, 2.75) is 6.42 Å². The number of hydrogen-bond donors (Lipinski definition) is 2. The van der Waals surface area contributed by atoms with Gasteiger partial charge in [0.2, 0.25) is 0 Å². The van der Waals surface area contributed by atoms with Crippen LogP contribution in [0, 0.1) is 0 Å². The summed E-state index contributed by atoms with van der Waals surface area (Å²) in [4.78, 5) is 16.5. The molecule has 1 aromatic heterocycles. The van der Waals surface area contributed by atoms with Gasteiger partial charge in [-0.1, -0.05) is 0 Å². The van der Waals surface area contributed by atoms with E-state index in [4.69, 9.17) is 4.74 Å². The highest BCUT2D eigenvalue weighted by atomic mass is 16.5. The third-order valence-electron chi connectivity index (χ3n) is 3.80. The zero-order chi connectivity index (χ0) is 17.2. The van der Waals surface area contributed by atoms with E-state index < -0.39 is 0 Å². The fraction of sp³-hybridized carbons (Fsp3) is 0.688. The lowest BCUT2D eigenvalue weighted by molar-refractivity contribution is 0.0383. The second-order valence-corrected chi connectivity index (χ2v) is 6.10. The van der Waals surface area contributed by atoms with Crippen LogP contribution in [0.3, 0.4) is 0 Å². The Morgan fingerprint density at radius 3 is 2.71 bits per heavy atom. The van der Waals surface area contributed by atoms with E-state index in [0.29, 0.717) is 18.1 Å². The minimum absolute atomic E-state index is 0.185. The highest BCUT2D eigenvalue weighted by Crippen LogP contribution is 2.02. The quantitative estimate of drug-likeness (QED) is 0.610. The van der Waals surface area contributed by atoms with E-state index in [2.05, 4.69) is 30.6 Å². The van der Waals surface area contributed by atoms with Gasteiger partial charge in [-0.15, -0.1) is 10.2 Å². The largest absolute Gasteiger partial charge is 0.379 e. The summed E-state index contributed by atoms with van der Waals surface area (Å²) < 4.78 is 5.30. The monoisotopic (exact) mass is 336 g/mol. The van der Waals surface area contributed by atoms with Crippen molar-refractivity contribution in [2.75, 3.05) is 71.9 Å². The summed E-state index contributed by atoms with van der Waals surface area (Å²) in [5.74, 6) is 0.508. The van der Waals surface area contributed by atoms with E-state index in [1.54, 1.807) is 12.1 Å². The van der Waals surface area contributed by atoms with Crippen LogP contribution < -0.4 is 10.6 Å². The summed E-state index contributed by atoms with van der Waals surface area (Å²) in [5.41, 5.74) is 0.343. The number of ether oxygens (including phenoxy) is 1. The molecular formula is C16H28N6O2. The summed E-state index contributed by atoms with van der Waals surface area (Å²) in [6.45, 7) is 6.65. The molecule has 1 saturated heterocycles. The number of carbonyl (C=O) groups excluding carboxylic acids is 1. The van der Waals surface area contributed by atoms with Crippen LogP contribution in [0.4, 0.5) is 5.82 Å². The van der Waals surface area contributed by atoms with Crippen molar-refractivity contribution in [1.29, 1.82) is 0 Å². The van der Waals surface area contributed by atoms with Gasteiger partial charge in [0.05, 0.1) is 13.2 Å². The van der Waals surface area contributed by atoms with Gasteiger partial charge in [0, 0.05) is 32.7 Å². The highest BCUT2D eigenvalue weighted by Gasteiger charge is 2.11. The molecule has 8 heteroatoms. The predicted molar refractivity (Wildman–Crippen MR) is 93.3 cm³/mol. The van der Waals surface area contributed by atoms with Crippen LogP contribution in [0.25, 0.3) is 0 Å². The summed E-state index contributed by atoms with van der Waals surface area (Å²) in [5, 5.41) is 14.1. The van der Waals surface area contributed by atoms with E-state index in [-0.39, 0.29) is 5.91 Å². The number of nitrogens with zero attached hydrogens (tertiary/aromatic N) is 4. The third kappa shape index (κ3) is 6.77. The van der Waals surface area contributed by atoms with Gasteiger partial charge in [-0.05, 0) is 39.2 Å². The maximum Gasteiger partial charge on any atom is 0.271 e. The number of nitrogens with one attached hydrogen (secondary N) is 2. The molecule has 24 heavy (non-hydrogen) atoms. The molecule has 1 fully saturated rings. The summed E-state index contributed by atoms with van der Waals surface area (Å²) in [7, 11) is 4.10. The Hall–Kier alpha value is -1.77. The number of aromatic nitrogens is 2. The summed E-state index contributed by atoms with van der Waals surface area (Å²) in [6.07, 6.45) is 1.03. The van der Waals surface area contributed by atoms with E-state index >= 15 is 0 Å². The van der Waals surface area contributed by atoms with Gasteiger partial charge >= 0.3 is 0 Å². The van der Waals surface area contributed by atoms with Gasteiger partial charge in [-0.3, -0.25) is 9.69 Å². The first-order valence-corrected chi connectivity index (χ1v) is 8.46. The number of hydrogen-bond acceptors (Lipinski definition) is 7. The molecule has 0 saturated carbocycles. The van der Waals surface area contributed by atoms with Gasteiger partial charge in [0.25, 0.3) is 5.91 Å². The van der Waals surface area contributed by atoms with Crippen LogP contribution in [0.1, 0.15) is 16.9 Å². The van der Waals surface area contributed by atoms with E-state index in [1.807, 2.05) is 14.1 Å². The molecule has 0 aliphatic carbocycles. The Morgan fingerprint density at radius 2 is 2.04 bits per heavy atom. The smallest absolute Gasteiger partial charge is 0.271 e. The van der Waals surface area contributed by atoms with E-state index in [0.717, 1.165) is 52.4 Å². The molecule has 1 aliphatic heterocycles. The Balaban J connectivity index is 1.66. The van der Waals surface area contributed by atoms with Crippen LogP contribution in [0.15, 0.2) is 12.1 Å². The zero-order valence-corrected chi connectivity index (χ0v) is 14.6. The van der Waals surface area contributed by atoms with E-state index in [9.17, 15) is 4.79 Å². The molecule has 2 heterocycles. The average molecular weight is 336 g/mol. The maximum absolute atomic E-state index is 12.1.